The average molecular weight is 294 g/mol. The maximum Gasteiger partial charge on any atom is 0.127 e. The van der Waals surface area contributed by atoms with Crippen LogP contribution in [0.2, 0.25) is 5.02 Å². The van der Waals surface area contributed by atoms with E-state index < -0.39 is 6.10 Å². The van der Waals surface area contributed by atoms with Gasteiger partial charge in [-0.3, -0.25) is 0 Å². The molecule has 0 spiro atoms. The number of benzene rings is 1. The van der Waals surface area contributed by atoms with E-state index in [9.17, 15) is 9.50 Å². The van der Waals surface area contributed by atoms with E-state index >= 15 is 0 Å². The van der Waals surface area contributed by atoms with Crippen LogP contribution in [0.4, 0.5) is 4.39 Å². The smallest absolute Gasteiger partial charge is 0.127 e. The van der Waals surface area contributed by atoms with Gasteiger partial charge in [0.2, 0.25) is 0 Å². The van der Waals surface area contributed by atoms with E-state index in [4.69, 9.17) is 11.6 Å². The Morgan fingerprint density at radius 2 is 2.20 bits per heavy atom. The van der Waals surface area contributed by atoms with Gasteiger partial charge >= 0.3 is 0 Å². The first-order valence-corrected chi connectivity index (χ1v) is 6.12. The third-order valence-electron chi connectivity index (χ3n) is 2.80. The van der Waals surface area contributed by atoms with Gasteiger partial charge in [0.15, 0.2) is 0 Å². The molecule has 0 aromatic heterocycles. The van der Waals surface area contributed by atoms with E-state index in [1.165, 1.54) is 6.07 Å². The Morgan fingerprint density at radius 1 is 1.47 bits per heavy atom. The minimum Gasteiger partial charge on any atom is -0.388 e. The van der Waals surface area contributed by atoms with Crippen molar-refractivity contribution in [1.82, 2.24) is 0 Å². The highest BCUT2D eigenvalue weighted by Gasteiger charge is 2.23. The molecule has 0 bridgehead atoms. The fourth-order valence-corrected chi connectivity index (χ4v) is 2.75. The van der Waals surface area contributed by atoms with Crippen molar-refractivity contribution >= 4 is 27.5 Å². The summed E-state index contributed by atoms with van der Waals surface area (Å²) in [7, 11) is 0. The summed E-state index contributed by atoms with van der Waals surface area (Å²) in [6.07, 6.45) is 2.48. The summed E-state index contributed by atoms with van der Waals surface area (Å²) in [4.78, 5) is 0. The van der Waals surface area contributed by atoms with E-state index in [1.807, 2.05) is 0 Å². The lowest BCUT2D eigenvalue weighted by atomic mass is 10.0. The van der Waals surface area contributed by atoms with Gasteiger partial charge in [-0.1, -0.05) is 18.0 Å². The molecule has 1 atom stereocenters. The SMILES string of the molecule is O[C@H]1CCCCc2c(F)cc(Br)c(Cl)c21. The monoisotopic (exact) mass is 292 g/mol. The lowest BCUT2D eigenvalue weighted by Gasteiger charge is -2.15. The van der Waals surface area contributed by atoms with Crippen LogP contribution in [0.15, 0.2) is 10.5 Å². The third kappa shape index (κ3) is 2.05. The lowest BCUT2D eigenvalue weighted by Crippen LogP contribution is -2.03. The molecule has 1 N–H and O–H groups in total. The van der Waals surface area contributed by atoms with Crippen molar-refractivity contribution < 1.29 is 9.50 Å². The minimum absolute atomic E-state index is 0.276. The highest BCUT2D eigenvalue weighted by atomic mass is 79.9. The number of fused-ring (bicyclic) bond motifs is 1. The Kier molecular flexibility index (Phi) is 3.33. The van der Waals surface area contributed by atoms with Gasteiger partial charge in [-0.2, -0.15) is 0 Å². The molecule has 1 aromatic rings. The second-order valence-electron chi connectivity index (χ2n) is 3.81. The van der Waals surface area contributed by atoms with Crippen LogP contribution in [0, 0.1) is 5.82 Å². The molecule has 82 valence electrons. The van der Waals surface area contributed by atoms with E-state index in [1.54, 1.807) is 0 Å². The Bertz CT molecular complexity index is 395. The zero-order valence-corrected chi connectivity index (χ0v) is 10.4. The average Bonchev–Trinajstić information content (AvgIpc) is 2.37. The highest BCUT2D eigenvalue weighted by Crippen LogP contribution is 2.39. The molecule has 0 radical (unpaired) electrons. The van der Waals surface area contributed by atoms with Crippen LogP contribution < -0.4 is 0 Å². The molecular formula is C11H11BrClFO. The Morgan fingerprint density at radius 3 is 2.93 bits per heavy atom. The molecule has 0 heterocycles. The molecule has 0 saturated heterocycles. The van der Waals surface area contributed by atoms with Gasteiger partial charge in [-0.25, -0.2) is 4.39 Å². The maximum absolute atomic E-state index is 13.7. The topological polar surface area (TPSA) is 20.2 Å². The third-order valence-corrected chi connectivity index (χ3v) is 4.06. The van der Waals surface area contributed by atoms with Gasteiger partial charge in [-0.15, -0.1) is 0 Å². The summed E-state index contributed by atoms with van der Waals surface area (Å²) >= 11 is 9.27. The largest absolute Gasteiger partial charge is 0.388 e. The van der Waals surface area contributed by atoms with E-state index in [-0.39, 0.29) is 5.82 Å². The fraction of sp³-hybridized carbons (Fsp3) is 0.455. The lowest BCUT2D eigenvalue weighted by molar-refractivity contribution is 0.166. The summed E-state index contributed by atoms with van der Waals surface area (Å²) in [5.74, 6) is -0.276. The van der Waals surface area contributed by atoms with Gasteiger partial charge in [0.25, 0.3) is 0 Å². The molecule has 15 heavy (non-hydrogen) atoms. The molecule has 2 rings (SSSR count). The summed E-state index contributed by atoms with van der Waals surface area (Å²) < 4.78 is 14.2. The fourth-order valence-electron chi connectivity index (χ4n) is 2.04. The van der Waals surface area contributed by atoms with Crippen molar-refractivity contribution in [2.24, 2.45) is 0 Å². The van der Waals surface area contributed by atoms with Crippen molar-refractivity contribution in [2.75, 3.05) is 0 Å². The number of hydrogen-bond donors (Lipinski definition) is 1. The van der Waals surface area contributed by atoms with Crippen molar-refractivity contribution in [2.45, 2.75) is 31.8 Å². The zero-order chi connectivity index (χ0) is 11.0. The number of aliphatic hydroxyl groups is 1. The molecule has 1 aliphatic rings. The molecule has 0 fully saturated rings. The molecule has 1 aliphatic carbocycles. The summed E-state index contributed by atoms with van der Waals surface area (Å²) in [6, 6.07) is 1.37. The second-order valence-corrected chi connectivity index (χ2v) is 5.04. The molecule has 0 unspecified atom stereocenters. The Balaban J connectivity index is 2.63. The van der Waals surface area contributed by atoms with Crippen molar-refractivity contribution in [1.29, 1.82) is 0 Å². The molecule has 4 heteroatoms. The molecule has 0 amide bonds. The van der Waals surface area contributed by atoms with Crippen LogP contribution in [0.3, 0.4) is 0 Å². The molecule has 1 nitrogen and oxygen atoms in total. The molecular weight excluding hydrogens is 282 g/mol. The van der Waals surface area contributed by atoms with Crippen LogP contribution in [-0.2, 0) is 6.42 Å². The van der Waals surface area contributed by atoms with Gasteiger partial charge in [0.05, 0.1) is 11.1 Å². The predicted octanol–water partition coefficient (Wildman–Crippen LogP) is 4.00. The first-order chi connectivity index (χ1) is 7.11. The van der Waals surface area contributed by atoms with Gasteiger partial charge in [0.1, 0.15) is 5.82 Å². The highest BCUT2D eigenvalue weighted by molar-refractivity contribution is 9.10. The normalized spacial score (nSPS) is 20.9. The predicted molar refractivity (Wildman–Crippen MR) is 61.6 cm³/mol. The van der Waals surface area contributed by atoms with E-state index in [2.05, 4.69) is 15.9 Å². The first-order valence-electron chi connectivity index (χ1n) is 4.95. The van der Waals surface area contributed by atoms with Crippen molar-refractivity contribution in [3.63, 3.8) is 0 Å². The van der Waals surface area contributed by atoms with Crippen LogP contribution in [-0.4, -0.2) is 5.11 Å². The van der Waals surface area contributed by atoms with Crippen molar-refractivity contribution in [3.05, 3.63) is 32.5 Å². The second kappa shape index (κ2) is 4.40. The molecule has 0 aliphatic heterocycles. The van der Waals surface area contributed by atoms with Crippen LogP contribution in [0.25, 0.3) is 0 Å². The number of aliphatic hydroxyl groups excluding tert-OH is 1. The maximum atomic E-state index is 13.7. The summed E-state index contributed by atoms with van der Waals surface area (Å²) in [5, 5.41) is 10.3. The van der Waals surface area contributed by atoms with Gasteiger partial charge < -0.3 is 5.11 Å². The first kappa shape index (κ1) is 11.4. The number of halogens is 3. The van der Waals surface area contributed by atoms with Crippen LogP contribution in [0.5, 0.6) is 0 Å². The number of hydrogen-bond acceptors (Lipinski definition) is 1. The quantitative estimate of drug-likeness (QED) is 0.566. The molecule has 0 saturated carbocycles. The zero-order valence-electron chi connectivity index (χ0n) is 8.06. The Hall–Kier alpha value is -0.120. The van der Waals surface area contributed by atoms with Crippen LogP contribution >= 0.6 is 27.5 Å². The van der Waals surface area contributed by atoms with Crippen LogP contribution in [0.1, 0.15) is 36.5 Å². The summed E-state index contributed by atoms with van der Waals surface area (Å²) in [5.41, 5.74) is 1.15. The van der Waals surface area contributed by atoms with E-state index in [0.29, 0.717) is 33.5 Å². The number of rotatable bonds is 0. The van der Waals surface area contributed by atoms with Crippen molar-refractivity contribution in [3.8, 4) is 0 Å². The van der Waals surface area contributed by atoms with Gasteiger partial charge in [-0.05, 0) is 46.8 Å². The van der Waals surface area contributed by atoms with E-state index in [0.717, 1.165) is 12.8 Å². The molecule has 1 aromatic carbocycles. The Labute approximate surface area is 101 Å². The summed E-state index contributed by atoms with van der Waals surface area (Å²) in [6.45, 7) is 0. The van der Waals surface area contributed by atoms with Gasteiger partial charge in [0, 0.05) is 10.0 Å². The standard InChI is InChI=1S/C11H11BrClFO/c12-7-5-8(14)6-3-1-2-4-9(15)10(6)11(7)13/h5,9,15H,1-4H2/t9-/m0/s1. The minimum atomic E-state index is -0.637.